The van der Waals surface area contributed by atoms with Crippen molar-refractivity contribution in [2.24, 2.45) is 0 Å². The van der Waals surface area contributed by atoms with Crippen LogP contribution >= 0.6 is 11.3 Å². The number of likely N-dealkylation sites (N-methyl/N-ethyl adjacent to an activating group) is 1. The minimum atomic E-state index is -0.607. The molecule has 4 heterocycles. The van der Waals surface area contributed by atoms with Crippen molar-refractivity contribution in [3.8, 4) is 16.9 Å². The number of ether oxygens (including phenoxy) is 1. The molecule has 0 atom stereocenters. The van der Waals surface area contributed by atoms with Crippen LogP contribution in [0.5, 0.6) is 5.75 Å². The van der Waals surface area contributed by atoms with Crippen LogP contribution < -0.4 is 15.0 Å². The molecule has 0 radical (unpaired) electrons. The average Bonchev–Trinajstić information content (AvgIpc) is 3.34. The Balaban J connectivity index is 1.21. The molecular formula is C27H24N6O2S. The van der Waals surface area contributed by atoms with Gasteiger partial charge in [0.2, 0.25) is 0 Å². The number of anilines is 2. The van der Waals surface area contributed by atoms with Crippen LogP contribution in [0.1, 0.15) is 0 Å². The van der Waals surface area contributed by atoms with E-state index in [0.29, 0.717) is 22.5 Å². The summed E-state index contributed by atoms with van der Waals surface area (Å²) in [6, 6.07) is 15.7. The third-order valence-corrected chi connectivity index (χ3v) is 7.35. The fourth-order valence-corrected chi connectivity index (χ4v) is 5.41. The quantitative estimate of drug-likeness (QED) is 0.363. The molecule has 6 rings (SSSR count). The number of aromatic nitrogens is 3. The smallest absolute Gasteiger partial charge is 0.408 e. The standard InChI is InChI=1S/C27H24N6O2S/c1-32-12-14-33(15-13-32)24-9-6-18(16-30-24)31-27(34)35-22-8-7-20(25-26(22)29-11-10-28-25)21-17-36-23-5-3-2-4-19(21)23/h2-11,16-17H,12-15H2,1H3,(H,31,34). The van der Waals surface area contributed by atoms with Gasteiger partial charge in [-0.2, -0.15) is 0 Å². The van der Waals surface area contributed by atoms with Crippen molar-refractivity contribution in [1.29, 1.82) is 0 Å². The van der Waals surface area contributed by atoms with Gasteiger partial charge in [0, 0.05) is 59.8 Å². The van der Waals surface area contributed by atoms with E-state index < -0.39 is 6.09 Å². The van der Waals surface area contributed by atoms with Gasteiger partial charge < -0.3 is 14.5 Å². The van der Waals surface area contributed by atoms with E-state index in [-0.39, 0.29) is 0 Å². The van der Waals surface area contributed by atoms with Crippen LogP contribution in [0, 0.1) is 0 Å². The lowest BCUT2D eigenvalue weighted by atomic mass is 10.0. The van der Waals surface area contributed by atoms with Gasteiger partial charge in [0.1, 0.15) is 16.9 Å². The molecule has 1 aliphatic heterocycles. The van der Waals surface area contributed by atoms with Gasteiger partial charge in [-0.15, -0.1) is 11.3 Å². The maximum absolute atomic E-state index is 12.7. The minimum absolute atomic E-state index is 0.348. The van der Waals surface area contributed by atoms with Crippen LogP contribution in [0.15, 0.2) is 72.5 Å². The normalized spacial score (nSPS) is 14.3. The molecule has 8 nitrogen and oxygen atoms in total. The monoisotopic (exact) mass is 496 g/mol. The van der Waals surface area contributed by atoms with Crippen molar-refractivity contribution in [3.05, 3.63) is 72.5 Å². The first-order valence-corrected chi connectivity index (χ1v) is 12.6. The predicted molar refractivity (Wildman–Crippen MR) is 144 cm³/mol. The van der Waals surface area contributed by atoms with E-state index in [0.717, 1.165) is 48.5 Å². The first-order valence-electron chi connectivity index (χ1n) is 11.7. The summed E-state index contributed by atoms with van der Waals surface area (Å²) in [6.45, 7) is 3.88. The first kappa shape index (κ1) is 22.4. The van der Waals surface area contributed by atoms with E-state index in [1.807, 2.05) is 30.3 Å². The maximum Gasteiger partial charge on any atom is 0.417 e. The summed E-state index contributed by atoms with van der Waals surface area (Å²) in [5.41, 5.74) is 3.82. The molecule has 1 saturated heterocycles. The number of pyridine rings is 1. The van der Waals surface area contributed by atoms with Gasteiger partial charge in [-0.1, -0.05) is 18.2 Å². The Morgan fingerprint density at radius 3 is 2.53 bits per heavy atom. The Morgan fingerprint density at radius 1 is 0.917 bits per heavy atom. The van der Waals surface area contributed by atoms with Gasteiger partial charge >= 0.3 is 6.09 Å². The molecule has 5 aromatic rings. The van der Waals surface area contributed by atoms with Gasteiger partial charge in [-0.05, 0) is 42.8 Å². The maximum atomic E-state index is 12.7. The molecule has 0 aliphatic carbocycles. The van der Waals surface area contributed by atoms with Crippen LogP contribution in [0.25, 0.3) is 32.2 Å². The Kier molecular flexibility index (Phi) is 5.92. The van der Waals surface area contributed by atoms with Crippen molar-refractivity contribution in [2.45, 2.75) is 0 Å². The van der Waals surface area contributed by atoms with E-state index in [1.54, 1.807) is 36.0 Å². The van der Waals surface area contributed by atoms with Crippen molar-refractivity contribution in [3.63, 3.8) is 0 Å². The number of nitrogens with one attached hydrogen (secondary N) is 1. The van der Waals surface area contributed by atoms with Crippen molar-refractivity contribution < 1.29 is 9.53 Å². The van der Waals surface area contributed by atoms with Crippen LogP contribution in [0.2, 0.25) is 0 Å². The zero-order valence-electron chi connectivity index (χ0n) is 19.7. The van der Waals surface area contributed by atoms with Gasteiger partial charge in [0.25, 0.3) is 0 Å². The molecule has 0 unspecified atom stereocenters. The second-order valence-electron chi connectivity index (χ2n) is 8.72. The van der Waals surface area contributed by atoms with Crippen molar-refractivity contribution in [2.75, 3.05) is 43.4 Å². The molecule has 0 bridgehead atoms. The molecular weight excluding hydrogens is 472 g/mol. The number of hydrogen-bond donors (Lipinski definition) is 1. The van der Waals surface area contributed by atoms with E-state index in [9.17, 15) is 4.79 Å². The van der Waals surface area contributed by atoms with Gasteiger partial charge in [0.15, 0.2) is 5.75 Å². The molecule has 0 saturated carbocycles. The molecule has 2 aromatic carbocycles. The highest BCUT2D eigenvalue weighted by Gasteiger charge is 2.18. The lowest BCUT2D eigenvalue weighted by molar-refractivity contribution is 0.215. The number of carbonyl (C=O) groups is 1. The Morgan fingerprint density at radius 2 is 1.72 bits per heavy atom. The number of benzene rings is 2. The van der Waals surface area contributed by atoms with E-state index in [4.69, 9.17) is 4.74 Å². The Hall–Kier alpha value is -4.08. The van der Waals surface area contributed by atoms with Gasteiger partial charge in [-0.3, -0.25) is 10.3 Å². The predicted octanol–water partition coefficient (Wildman–Crippen LogP) is 5.27. The number of fused-ring (bicyclic) bond motifs is 2. The largest absolute Gasteiger partial charge is 0.417 e. The number of nitrogens with zero attached hydrogens (tertiary/aromatic N) is 5. The summed E-state index contributed by atoms with van der Waals surface area (Å²) in [7, 11) is 2.12. The molecule has 9 heteroatoms. The fourth-order valence-electron chi connectivity index (χ4n) is 4.44. The summed E-state index contributed by atoms with van der Waals surface area (Å²) in [6.07, 6.45) is 4.30. The van der Waals surface area contributed by atoms with Gasteiger partial charge in [-0.25, -0.2) is 14.8 Å². The van der Waals surface area contributed by atoms with E-state index in [1.165, 1.54) is 4.70 Å². The molecule has 1 fully saturated rings. The highest BCUT2D eigenvalue weighted by molar-refractivity contribution is 7.17. The summed E-state index contributed by atoms with van der Waals surface area (Å²) < 4.78 is 6.86. The van der Waals surface area contributed by atoms with Crippen molar-refractivity contribution in [1.82, 2.24) is 19.9 Å². The number of hydrogen-bond acceptors (Lipinski definition) is 8. The lowest BCUT2D eigenvalue weighted by Crippen LogP contribution is -2.44. The molecule has 180 valence electrons. The summed E-state index contributed by atoms with van der Waals surface area (Å²) in [4.78, 5) is 30.8. The SMILES string of the molecule is CN1CCN(c2ccc(NC(=O)Oc3ccc(-c4csc5ccccc45)c4nccnc34)cn2)CC1. The van der Waals surface area contributed by atoms with Crippen LogP contribution in [0.3, 0.4) is 0 Å². The average molecular weight is 497 g/mol. The zero-order valence-corrected chi connectivity index (χ0v) is 20.5. The third-order valence-electron chi connectivity index (χ3n) is 6.38. The molecule has 1 amide bonds. The molecule has 0 spiro atoms. The van der Waals surface area contributed by atoms with E-state index >= 15 is 0 Å². The molecule has 36 heavy (non-hydrogen) atoms. The molecule has 1 aliphatic rings. The Bertz CT molecular complexity index is 1540. The lowest BCUT2D eigenvalue weighted by Gasteiger charge is -2.33. The zero-order chi connectivity index (χ0) is 24.5. The Labute approximate surface area is 212 Å². The molecule has 1 N–H and O–H groups in total. The number of piperazine rings is 1. The number of rotatable bonds is 4. The van der Waals surface area contributed by atoms with Crippen molar-refractivity contribution >= 4 is 50.1 Å². The molecule has 3 aromatic heterocycles. The van der Waals surface area contributed by atoms with Crippen LogP contribution in [0.4, 0.5) is 16.3 Å². The third kappa shape index (κ3) is 4.34. The van der Waals surface area contributed by atoms with E-state index in [2.05, 4.69) is 54.6 Å². The number of amides is 1. The first-order chi connectivity index (χ1) is 17.7. The topological polar surface area (TPSA) is 83.5 Å². The summed E-state index contributed by atoms with van der Waals surface area (Å²) >= 11 is 1.69. The van der Waals surface area contributed by atoms with Crippen LogP contribution in [-0.4, -0.2) is 59.2 Å². The van der Waals surface area contributed by atoms with Crippen LogP contribution in [-0.2, 0) is 0 Å². The fraction of sp³-hybridized carbons (Fsp3) is 0.185. The van der Waals surface area contributed by atoms with Gasteiger partial charge in [0.05, 0.1) is 11.9 Å². The second kappa shape index (κ2) is 9.52. The number of thiophene rings is 1. The summed E-state index contributed by atoms with van der Waals surface area (Å²) in [5, 5.41) is 6.05. The summed E-state index contributed by atoms with van der Waals surface area (Å²) in [5.74, 6) is 1.25. The second-order valence-corrected chi connectivity index (χ2v) is 9.63. The number of carbonyl (C=O) groups excluding carboxylic acids is 1. The minimum Gasteiger partial charge on any atom is -0.408 e. The highest BCUT2D eigenvalue weighted by atomic mass is 32.1. The highest BCUT2D eigenvalue weighted by Crippen LogP contribution is 2.38.